The van der Waals surface area contributed by atoms with Crippen LogP contribution in [-0.4, -0.2) is 11.9 Å². The Morgan fingerprint density at radius 2 is 1.82 bits per heavy atom. The van der Waals surface area contributed by atoms with Crippen LogP contribution in [0.15, 0.2) is 36.4 Å². The third-order valence-corrected chi connectivity index (χ3v) is 3.64. The van der Waals surface area contributed by atoms with E-state index in [9.17, 15) is 19.8 Å². The van der Waals surface area contributed by atoms with Gasteiger partial charge in [0.1, 0.15) is 11.7 Å². The summed E-state index contributed by atoms with van der Waals surface area (Å²) < 4.78 is 0. The first kappa shape index (κ1) is 19.9. The largest absolute Gasteiger partial charge is 1.00 e. The molecule has 1 aliphatic carbocycles. The van der Waals surface area contributed by atoms with Gasteiger partial charge in [-0.05, 0) is 23.3 Å². The maximum atomic E-state index is 10.9. The van der Waals surface area contributed by atoms with Gasteiger partial charge in [0, 0.05) is 12.3 Å². The van der Waals surface area contributed by atoms with Gasteiger partial charge in [-0.15, -0.1) is 0 Å². The Balaban J connectivity index is 0.00000121. The zero-order chi connectivity index (χ0) is 14.3. The van der Waals surface area contributed by atoms with Gasteiger partial charge < -0.3 is 19.8 Å². The normalized spacial score (nSPS) is 24.1. The van der Waals surface area contributed by atoms with Crippen molar-refractivity contribution in [3.05, 3.63) is 47.5 Å². The smallest absolute Gasteiger partial charge is 0.549 e. The van der Waals surface area contributed by atoms with E-state index in [0.717, 1.165) is 5.56 Å². The molecule has 0 spiro atoms. The molecule has 6 nitrogen and oxygen atoms in total. The first-order chi connectivity index (χ1) is 9.53. The molecule has 1 aromatic rings. The molecule has 2 heterocycles. The van der Waals surface area contributed by atoms with E-state index in [1.54, 1.807) is 24.3 Å². The van der Waals surface area contributed by atoms with E-state index in [0.29, 0.717) is 5.56 Å². The number of carbonyl (C=O) groups is 2. The van der Waals surface area contributed by atoms with Crippen molar-refractivity contribution >= 4 is 11.9 Å². The molecule has 104 valence electrons. The summed E-state index contributed by atoms with van der Waals surface area (Å²) in [5.74, 6) is -5.20. The Morgan fingerprint density at radius 3 is 2.36 bits per heavy atom. The first-order valence-electron chi connectivity index (χ1n) is 6.08. The summed E-state index contributed by atoms with van der Waals surface area (Å²) in [6.45, 7) is 0. The average Bonchev–Trinajstić information content (AvgIpc) is 2.46. The SMILES string of the molecule is O=C([O-])C(CC12C=CC(OO1)c1ccccc12)C(=O)[O-].[Na+].[Na+]. The minimum Gasteiger partial charge on any atom is -0.549 e. The van der Waals surface area contributed by atoms with Crippen LogP contribution in [0.1, 0.15) is 23.7 Å². The van der Waals surface area contributed by atoms with Crippen molar-refractivity contribution in [2.45, 2.75) is 18.1 Å². The first-order valence-corrected chi connectivity index (χ1v) is 6.08. The van der Waals surface area contributed by atoms with Crippen LogP contribution in [0.3, 0.4) is 0 Å². The molecule has 2 atom stereocenters. The van der Waals surface area contributed by atoms with Crippen LogP contribution in [0.4, 0.5) is 0 Å². The molecule has 0 aromatic heterocycles. The predicted molar refractivity (Wildman–Crippen MR) is 60.3 cm³/mol. The molecule has 2 unspecified atom stereocenters. The number of aliphatic carboxylic acids is 2. The number of carboxylic acid groups (broad SMARTS) is 2. The van der Waals surface area contributed by atoms with Gasteiger partial charge in [-0.3, -0.25) is 0 Å². The van der Waals surface area contributed by atoms with Gasteiger partial charge in [-0.2, -0.15) is 0 Å². The van der Waals surface area contributed by atoms with Gasteiger partial charge >= 0.3 is 59.1 Å². The summed E-state index contributed by atoms with van der Waals surface area (Å²) in [5.41, 5.74) is 0.291. The second-order valence-electron chi connectivity index (χ2n) is 4.83. The molecule has 0 fully saturated rings. The van der Waals surface area contributed by atoms with E-state index in [1.807, 2.05) is 12.1 Å². The minimum absolute atomic E-state index is 0. The van der Waals surface area contributed by atoms with Crippen molar-refractivity contribution in [1.29, 1.82) is 0 Å². The van der Waals surface area contributed by atoms with Crippen molar-refractivity contribution in [3.8, 4) is 0 Å². The molecule has 2 bridgehead atoms. The van der Waals surface area contributed by atoms with E-state index in [2.05, 4.69) is 0 Å². The number of carbonyl (C=O) groups excluding carboxylic acids is 2. The monoisotopic (exact) mass is 320 g/mol. The van der Waals surface area contributed by atoms with Crippen LogP contribution < -0.4 is 69.3 Å². The van der Waals surface area contributed by atoms with Gasteiger partial charge in [0.05, 0.1) is 11.9 Å². The average molecular weight is 320 g/mol. The van der Waals surface area contributed by atoms with Gasteiger partial charge in [-0.1, -0.05) is 24.3 Å². The van der Waals surface area contributed by atoms with E-state index in [-0.39, 0.29) is 71.6 Å². The van der Waals surface area contributed by atoms with Crippen LogP contribution in [-0.2, 0) is 25.0 Å². The molecule has 0 saturated heterocycles. The topological polar surface area (TPSA) is 98.7 Å². The Morgan fingerprint density at radius 1 is 1.18 bits per heavy atom. The van der Waals surface area contributed by atoms with E-state index >= 15 is 0 Å². The number of fused-ring (bicyclic) bond motifs is 1. The fraction of sp³-hybridized carbons (Fsp3) is 0.286. The summed E-state index contributed by atoms with van der Waals surface area (Å²) in [6, 6.07) is 7.18. The second kappa shape index (κ2) is 7.59. The maximum absolute atomic E-state index is 10.9. The van der Waals surface area contributed by atoms with Crippen LogP contribution >= 0.6 is 0 Å². The quantitative estimate of drug-likeness (QED) is 0.237. The molecule has 0 saturated carbocycles. The second-order valence-corrected chi connectivity index (χ2v) is 4.83. The molecule has 2 aliphatic heterocycles. The van der Waals surface area contributed by atoms with Gasteiger partial charge in [0.25, 0.3) is 0 Å². The van der Waals surface area contributed by atoms with Crippen LogP contribution in [0, 0.1) is 5.92 Å². The zero-order valence-electron chi connectivity index (χ0n) is 12.3. The van der Waals surface area contributed by atoms with Crippen LogP contribution in [0.25, 0.3) is 0 Å². The Hall–Kier alpha value is -0.180. The number of carboxylic acids is 2. The van der Waals surface area contributed by atoms with Crippen molar-refractivity contribution in [3.63, 3.8) is 0 Å². The van der Waals surface area contributed by atoms with Crippen molar-refractivity contribution in [2.75, 3.05) is 0 Å². The maximum Gasteiger partial charge on any atom is 1.00 e. The van der Waals surface area contributed by atoms with Crippen molar-refractivity contribution in [1.82, 2.24) is 0 Å². The van der Waals surface area contributed by atoms with Crippen molar-refractivity contribution < 1.29 is 88.7 Å². The van der Waals surface area contributed by atoms with Crippen LogP contribution in [0.5, 0.6) is 0 Å². The minimum atomic E-state index is -1.79. The number of benzene rings is 1. The predicted octanol–water partition coefficient (Wildman–Crippen LogP) is -7.03. The Kier molecular flexibility index (Phi) is 6.86. The standard InChI is InChI=1S/C14H12O6.2Na/c15-12(16)9(13(17)18)7-14-6-5-11(19-20-14)8-3-1-2-4-10(8)14;;/h1-6,9,11H,7H2,(H,15,16)(H,17,18);;/q;2*+1/p-2. The third-order valence-electron chi connectivity index (χ3n) is 3.64. The Labute approximate surface area is 171 Å². The molecule has 0 N–H and O–H groups in total. The van der Waals surface area contributed by atoms with Crippen LogP contribution in [0.2, 0.25) is 0 Å². The molecule has 3 aliphatic rings. The van der Waals surface area contributed by atoms with Gasteiger partial charge in [0.2, 0.25) is 0 Å². The molecule has 4 rings (SSSR count). The van der Waals surface area contributed by atoms with E-state index in [4.69, 9.17) is 9.78 Å². The summed E-state index contributed by atoms with van der Waals surface area (Å²) in [7, 11) is 0. The number of hydrogen-bond donors (Lipinski definition) is 0. The molecule has 0 amide bonds. The molecule has 22 heavy (non-hydrogen) atoms. The summed E-state index contributed by atoms with van der Waals surface area (Å²) in [4.78, 5) is 32.3. The Bertz CT molecular complexity index is 603. The van der Waals surface area contributed by atoms with Gasteiger partial charge in [-0.25, -0.2) is 9.78 Å². The van der Waals surface area contributed by atoms with Gasteiger partial charge in [0.15, 0.2) is 0 Å². The third kappa shape index (κ3) is 3.34. The molecule has 8 heteroatoms. The summed E-state index contributed by atoms with van der Waals surface area (Å²) in [6.07, 6.45) is 2.63. The number of hydrogen-bond acceptors (Lipinski definition) is 6. The summed E-state index contributed by atoms with van der Waals surface area (Å²) in [5, 5.41) is 21.9. The summed E-state index contributed by atoms with van der Waals surface area (Å²) >= 11 is 0. The molecule has 1 aromatic carbocycles. The fourth-order valence-corrected chi connectivity index (χ4v) is 2.64. The molecular weight excluding hydrogens is 310 g/mol. The molecule has 0 radical (unpaired) electrons. The van der Waals surface area contributed by atoms with E-state index in [1.165, 1.54) is 0 Å². The van der Waals surface area contributed by atoms with Crippen molar-refractivity contribution in [2.24, 2.45) is 5.92 Å². The molecular formula is C14H10Na2O6. The van der Waals surface area contributed by atoms with E-state index < -0.39 is 23.5 Å². The fourth-order valence-electron chi connectivity index (χ4n) is 2.64. The number of rotatable bonds is 4. The zero-order valence-corrected chi connectivity index (χ0v) is 16.3.